The van der Waals surface area contributed by atoms with Crippen LogP contribution in [0.5, 0.6) is 0 Å². The number of carboxylic acid groups (broad SMARTS) is 1. The average molecular weight is 266 g/mol. The van der Waals surface area contributed by atoms with E-state index in [2.05, 4.69) is 10.3 Å². The second-order valence-corrected chi connectivity index (χ2v) is 5.41. The Balaban J connectivity index is 1.78. The normalized spacial score (nSPS) is 18.4. The number of nitrogens with two attached hydrogens (primary N) is 1. The molecule has 0 amide bonds. The molecule has 1 heterocycles. The van der Waals surface area contributed by atoms with Gasteiger partial charge < -0.3 is 10.8 Å². The number of aromatic nitrogens is 3. The summed E-state index contributed by atoms with van der Waals surface area (Å²) in [6, 6.07) is -0.900. The highest BCUT2D eigenvalue weighted by molar-refractivity contribution is 5.73. The maximum Gasteiger partial charge on any atom is 0.320 e. The van der Waals surface area contributed by atoms with E-state index >= 15 is 0 Å². The van der Waals surface area contributed by atoms with E-state index in [1.54, 1.807) is 4.68 Å². The number of nitrogens with zero attached hydrogens (tertiary/aromatic N) is 3. The van der Waals surface area contributed by atoms with E-state index in [9.17, 15) is 4.79 Å². The minimum atomic E-state index is -1.00. The minimum Gasteiger partial charge on any atom is -0.480 e. The molecule has 6 heteroatoms. The number of hydrogen-bond acceptors (Lipinski definition) is 4. The van der Waals surface area contributed by atoms with Gasteiger partial charge in [0, 0.05) is 19.2 Å². The lowest BCUT2D eigenvalue weighted by atomic mass is 9.87. The first kappa shape index (κ1) is 14.0. The highest BCUT2D eigenvalue weighted by Gasteiger charge is 2.16. The van der Waals surface area contributed by atoms with Crippen LogP contribution in [0.4, 0.5) is 0 Å². The third kappa shape index (κ3) is 4.31. The van der Waals surface area contributed by atoms with Crippen LogP contribution in [0, 0.1) is 5.92 Å². The molecule has 1 aliphatic rings. The Morgan fingerprint density at radius 3 is 2.89 bits per heavy atom. The maximum atomic E-state index is 10.7. The van der Waals surface area contributed by atoms with Crippen LogP contribution in [0.1, 0.15) is 44.2 Å². The van der Waals surface area contributed by atoms with Crippen molar-refractivity contribution in [3.8, 4) is 0 Å². The molecule has 1 aromatic rings. The van der Waals surface area contributed by atoms with Gasteiger partial charge in [-0.3, -0.25) is 9.48 Å². The van der Waals surface area contributed by atoms with E-state index in [4.69, 9.17) is 10.8 Å². The van der Waals surface area contributed by atoms with Gasteiger partial charge in [0.15, 0.2) is 0 Å². The first-order chi connectivity index (χ1) is 9.15. The second kappa shape index (κ2) is 6.65. The Labute approximate surface area is 113 Å². The molecule has 1 atom stereocenters. The van der Waals surface area contributed by atoms with E-state index in [1.807, 2.05) is 6.20 Å². The molecule has 0 aliphatic heterocycles. The van der Waals surface area contributed by atoms with Crippen LogP contribution in [0.2, 0.25) is 0 Å². The summed E-state index contributed by atoms with van der Waals surface area (Å²) in [5, 5.41) is 16.7. The lowest BCUT2D eigenvalue weighted by Gasteiger charge is -2.20. The Kier molecular flexibility index (Phi) is 4.90. The van der Waals surface area contributed by atoms with Crippen LogP contribution in [0.3, 0.4) is 0 Å². The topological polar surface area (TPSA) is 94.0 Å². The number of carbonyl (C=O) groups is 1. The predicted molar refractivity (Wildman–Crippen MR) is 70.5 cm³/mol. The van der Waals surface area contributed by atoms with Gasteiger partial charge in [0.05, 0.1) is 5.69 Å². The molecule has 0 saturated heterocycles. The van der Waals surface area contributed by atoms with Crippen molar-refractivity contribution in [2.24, 2.45) is 11.7 Å². The van der Waals surface area contributed by atoms with Gasteiger partial charge in [-0.05, 0) is 12.3 Å². The van der Waals surface area contributed by atoms with Crippen LogP contribution in [0.25, 0.3) is 0 Å². The summed E-state index contributed by atoms with van der Waals surface area (Å²) >= 11 is 0. The fourth-order valence-electron chi connectivity index (χ4n) is 2.64. The quantitative estimate of drug-likeness (QED) is 0.807. The van der Waals surface area contributed by atoms with Crippen LogP contribution >= 0.6 is 0 Å². The predicted octanol–water partition coefficient (Wildman–Crippen LogP) is 1.20. The molecule has 19 heavy (non-hydrogen) atoms. The summed E-state index contributed by atoms with van der Waals surface area (Å²) < 4.78 is 1.80. The van der Waals surface area contributed by atoms with Gasteiger partial charge in [0.25, 0.3) is 0 Å². The second-order valence-electron chi connectivity index (χ2n) is 5.41. The first-order valence-electron chi connectivity index (χ1n) is 7.02. The molecule has 0 spiro atoms. The van der Waals surface area contributed by atoms with Crippen molar-refractivity contribution in [2.45, 2.75) is 57.5 Å². The highest BCUT2D eigenvalue weighted by Crippen LogP contribution is 2.26. The summed E-state index contributed by atoms with van der Waals surface area (Å²) in [6.07, 6.45) is 9.90. The van der Waals surface area contributed by atoms with E-state index < -0.39 is 12.0 Å². The SMILES string of the molecule is NC(Cc1cn(CCC2CCCCC2)nn1)C(=O)O. The largest absolute Gasteiger partial charge is 0.480 e. The van der Waals surface area contributed by atoms with Crippen molar-refractivity contribution in [3.63, 3.8) is 0 Å². The summed E-state index contributed by atoms with van der Waals surface area (Å²) in [7, 11) is 0. The van der Waals surface area contributed by atoms with Crippen LogP contribution in [0.15, 0.2) is 6.20 Å². The van der Waals surface area contributed by atoms with Gasteiger partial charge in [0.1, 0.15) is 6.04 Å². The Morgan fingerprint density at radius 1 is 1.47 bits per heavy atom. The molecule has 0 aromatic carbocycles. The number of rotatable bonds is 6. The number of aryl methyl sites for hydroxylation is 1. The number of carboxylic acids is 1. The lowest BCUT2D eigenvalue weighted by molar-refractivity contribution is -0.138. The van der Waals surface area contributed by atoms with Gasteiger partial charge in [-0.2, -0.15) is 0 Å². The molecule has 0 bridgehead atoms. The molecule has 1 aliphatic carbocycles. The van der Waals surface area contributed by atoms with E-state index in [1.165, 1.54) is 32.1 Å². The van der Waals surface area contributed by atoms with Gasteiger partial charge in [0.2, 0.25) is 0 Å². The molecular weight excluding hydrogens is 244 g/mol. The first-order valence-corrected chi connectivity index (χ1v) is 7.02. The Morgan fingerprint density at radius 2 is 2.21 bits per heavy atom. The zero-order valence-corrected chi connectivity index (χ0v) is 11.2. The third-order valence-corrected chi connectivity index (χ3v) is 3.82. The zero-order chi connectivity index (χ0) is 13.7. The summed E-state index contributed by atoms with van der Waals surface area (Å²) in [5.41, 5.74) is 6.12. The molecule has 0 radical (unpaired) electrons. The van der Waals surface area contributed by atoms with Gasteiger partial charge in [-0.1, -0.05) is 37.3 Å². The Hall–Kier alpha value is -1.43. The van der Waals surface area contributed by atoms with Gasteiger partial charge in [-0.25, -0.2) is 0 Å². The summed E-state index contributed by atoms with van der Waals surface area (Å²) in [6.45, 7) is 0.861. The van der Waals surface area contributed by atoms with Gasteiger partial charge in [-0.15, -0.1) is 5.10 Å². The van der Waals surface area contributed by atoms with Crippen molar-refractivity contribution < 1.29 is 9.90 Å². The third-order valence-electron chi connectivity index (χ3n) is 3.82. The molecule has 6 nitrogen and oxygen atoms in total. The van der Waals surface area contributed by atoms with E-state index in [-0.39, 0.29) is 6.42 Å². The van der Waals surface area contributed by atoms with Crippen LogP contribution in [-0.4, -0.2) is 32.1 Å². The average Bonchev–Trinajstić information content (AvgIpc) is 2.85. The lowest BCUT2D eigenvalue weighted by Crippen LogP contribution is -2.32. The van der Waals surface area contributed by atoms with Crippen molar-refractivity contribution in [3.05, 3.63) is 11.9 Å². The van der Waals surface area contributed by atoms with Crippen molar-refractivity contribution in [1.82, 2.24) is 15.0 Å². The molecule has 1 unspecified atom stereocenters. The minimum absolute atomic E-state index is 0.235. The molecular formula is C13H22N4O2. The summed E-state index contributed by atoms with van der Waals surface area (Å²) in [5.74, 6) is -0.195. The molecule has 2 rings (SSSR count). The number of hydrogen-bond donors (Lipinski definition) is 2. The monoisotopic (exact) mass is 266 g/mol. The van der Waals surface area contributed by atoms with Crippen molar-refractivity contribution in [2.75, 3.05) is 0 Å². The van der Waals surface area contributed by atoms with Crippen molar-refractivity contribution in [1.29, 1.82) is 0 Å². The fraction of sp³-hybridized carbons (Fsp3) is 0.769. The van der Waals surface area contributed by atoms with E-state index in [0.717, 1.165) is 18.9 Å². The molecule has 106 valence electrons. The van der Waals surface area contributed by atoms with Gasteiger partial charge >= 0.3 is 5.97 Å². The molecule has 1 saturated carbocycles. The van der Waals surface area contributed by atoms with Crippen molar-refractivity contribution >= 4 is 5.97 Å². The molecule has 3 N–H and O–H groups in total. The Bertz CT molecular complexity index is 413. The smallest absolute Gasteiger partial charge is 0.320 e. The zero-order valence-electron chi connectivity index (χ0n) is 11.2. The fourth-order valence-corrected chi connectivity index (χ4v) is 2.64. The highest BCUT2D eigenvalue weighted by atomic mass is 16.4. The molecule has 1 aromatic heterocycles. The standard InChI is InChI=1S/C13H22N4O2/c14-12(13(18)19)8-11-9-17(16-15-11)7-6-10-4-2-1-3-5-10/h9-10,12H,1-8,14H2,(H,18,19). The van der Waals surface area contributed by atoms with E-state index in [0.29, 0.717) is 5.69 Å². The van der Waals surface area contributed by atoms with Crippen LogP contribution < -0.4 is 5.73 Å². The maximum absolute atomic E-state index is 10.7. The molecule has 1 fully saturated rings. The number of aliphatic carboxylic acids is 1. The van der Waals surface area contributed by atoms with Crippen LogP contribution in [-0.2, 0) is 17.8 Å². The summed E-state index contributed by atoms with van der Waals surface area (Å²) in [4.78, 5) is 10.7.